The van der Waals surface area contributed by atoms with Gasteiger partial charge in [-0.15, -0.1) is 0 Å². The molecule has 0 unspecified atom stereocenters. The Morgan fingerprint density at radius 3 is 2.55 bits per heavy atom. The zero-order chi connectivity index (χ0) is 15.9. The maximum Gasteiger partial charge on any atom is 0.229 e. The molecule has 1 aromatic carbocycles. The number of aromatic nitrogens is 1. The largest absolute Gasteiger partial charge is 0.493 e. The molecule has 1 heterocycles. The van der Waals surface area contributed by atoms with Gasteiger partial charge in [0.2, 0.25) is 11.8 Å². The number of hydrogen-bond acceptors (Lipinski definition) is 5. The maximum absolute atomic E-state index is 11.7. The van der Waals surface area contributed by atoms with Gasteiger partial charge in [-0.1, -0.05) is 5.16 Å². The van der Waals surface area contributed by atoms with Gasteiger partial charge < -0.3 is 19.9 Å². The van der Waals surface area contributed by atoms with Crippen molar-refractivity contribution in [1.29, 1.82) is 0 Å². The first-order valence-corrected chi connectivity index (χ1v) is 6.76. The van der Waals surface area contributed by atoms with Crippen LogP contribution in [0.5, 0.6) is 5.75 Å². The summed E-state index contributed by atoms with van der Waals surface area (Å²) in [5.41, 5.74) is 0.694. The summed E-state index contributed by atoms with van der Waals surface area (Å²) >= 11 is 0. The fourth-order valence-electron chi connectivity index (χ4n) is 1.73. The quantitative estimate of drug-likeness (QED) is 0.854. The number of aryl methyl sites for hydroxylation is 1. The highest BCUT2D eigenvalue weighted by Crippen LogP contribution is 2.16. The van der Waals surface area contributed by atoms with E-state index in [0.717, 1.165) is 0 Å². The second kappa shape index (κ2) is 7.26. The van der Waals surface area contributed by atoms with Crippen LogP contribution in [0.15, 0.2) is 34.9 Å². The van der Waals surface area contributed by atoms with Crippen LogP contribution in [-0.2, 0) is 9.59 Å². The summed E-state index contributed by atoms with van der Waals surface area (Å²) in [5, 5.41) is 8.94. The van der Waals surface area contributed by atoms with Gasteiger partial charge in [-0.2, -0.15) is 0 Å². The van der Waals surface area contributed by atoms with Crippen molar-refractivity contribution in [3.63, 3.8) is 0 Å². The number of ether oxygens (including phenoxy) is 1. The molecule has 0 aliphatic carbocycles. The van der Waals surface area contributed by atoms with E-state index in [2.05, 4.69) is 15.8 Å². The Hall–Kier alpha value is -2.83. The van der Waals surface area contributed by atoms with Gasteiger partial charge in [-0.3, -0.25) is 9.59 Å². The third-order valence-corrected chi connectivity index (χ3v) is 2.67. The SMILES string of the molecule is CC(=O)Nc1ccc(OCCC(=O)Nc2cc(C)on2)cc1. The lowest BCUT2D eigenvalue weighted by Crippen LogP contribution is -2.15. The summed E-state index contributed by atoms with van der Waals surface area (Å²) < 4.78 is 10.3. The molecule has 0 fully saturated rings. The van der Waals surface area contributed by atoms with Crippen LogP contribution in [0.1, 0.15) is 19.1 Å². The number of nitrogens with zero attached hydrogens (tertiary/aromatic N) is 1. The average molecular weight is 303 g/mol. The predicted molar refractivity (Wildman–Crippen MR) is 80.7 cm³/mol. The fraction of sp³-hybridized carbons (Fsp3) is 0.267. The number of hydrogen-bond donors (Lipinski definition) is 2. The van der Waals surface area contributed by atoms with E-state index in [1.54, 1.807) is 37.3 Å². The molecule has 0 bridgehead atoms. The van der Waals surface area contributed by atoms with E-state index in [1.807, 2.05) is 0 Å². The smallest absolute Gasteiger partial charge is 0.229 e. The Morgan fingerprint density at radius 1 is 1.23 bits per heavy atom. The minimum Gasteiger partial charge on any atom is -0.493 e. The van der Waals surface area contributed by atoms with Crippen molar-refractivity contribution in [3.8, 4) is 5.75 Å². The number of carbonyl (C=O) groups is 2. The lowest BCUT2D eigenvalue weighted by atomic mass is 10.3. The lowest BCUT2D eigenvalue weighted by molar-refractivity contribution is -0.117. The Kier molecular flexibility index (Phi) is 5.13. The lowest BCUT2D eigenvalue weighted by Gasteiger charge is -2.07. The van der Waals surface area contributed by atoms with Gasteiger partial charge in [-0.05, 0) is 31.2 Å². The Labute approximate surface area is 127 Å². The molecule has 0 radical (unpaired) electrons. The first-order valence-electron chi connectivity index (χ1n) is 6.76. The van der Waals surface area contributed by atoms with E-state index in [0.29, 0.717) is 23.0 Å². The Balaban J connectivity index is 1.73. The minimum absolute atomic E-state index is 0.131. The third-order valence-electron chi connectivity index (χ3n) is 2.67. The van der Waals surface area contributed by atoms with Gasteiger partial charge in [-0.25, -0.2) is 0 Å². The van der Waals surface area contributed by atoms with Crippen LogP contribution in [0.25, 0.3) is 0 Å². The van der Waals surface area contributed by atoms with Gasteiger partial charge in [0.25, 0.3) is 0 Å². The third kappa shape index (κ3) is 4.93. The van der Waals surface area contributed by atoms with Crippen molar-refractivity contribution in [2.45, 2.75) is 20.3 Å². The van der Waals surface area contributed by atoms with Gasteiger partial charge in [0.1, 0.15) is 11.5 Å². The first kappa shape index (κ1) is 15.6. The van der Waals surface area contributed by atoms with Crippen LogP contribution in [0.4, 0.5) is 11.5 Å². The van der Waals surface area contributed by atoms with E-state index in [4.69, 9.17) is 9.26 Å². The molecular formula is C15H17N3O4. The van der Waals surface area contributed by atoms with Crippen molar-refractivity contribution in [2.24, 2.45) is 0 Å². The van der Waals surface area contributed by atoms with Crippen molar-refractivity contribution in [1.82, 2.24) is 5.16 Å². The average Bonchev–Trinajstić information content (AvgIpc) is 2.85. The molecule has 0 aliphatic rings. The van der Waals surface area contributed by atoms with Gasteiger partial charge in [0.15, 0.2) is 5.82 Å². The van der Waals surface area contributed by atoms with Crippen LogP contribution in [0.2, 0.25) is 0 Å². The second-order valence-electron chi connectivity index (χ2n) is 4.68. The zero-order valence-corrected chi connectivity index (χ0v) is 12.4. The molecule has 7 heteroatoms. The molecule has 2 rings (SSSR count). The topological polar surface area (TPSA) is 93.5 Å². The Bertz CT molecular complexity index is 649. The summed E-state index contributed by atoms with van der Waals surface area (Å²) in [6.45, 7) is 3.43. The molecule has 2 aromatic rings. The highest BCUT2D eigenvalue weighted by Gasteiger charge is 2.06. The molecule has 22 heavy (non-hydrogen) atoms. The summed E-state index contributed by atoms with van der Waals surface area (Å²) in [7, 11) is 0. The molecule has 0 saturated carbocycles. The minimum atomic E-state index is -0.205. The molecule has 0 aliphatic heterocycles. The standard InChI is InChI=1S/C15H17N3O4/c1-10-9-14(18-22-10)17-15(20)7-8-21-13-5-3-12(4-6-13)16-11(2)19/h3-6,9H,7-8H2,1-2H3,(H,16,19)(H,17,18,20). The maximum atomic E-state index is 11.7. The normalized spacial score (nSPS) is 10.1. The van der Waals surface area contributed by atoms with E-state index >= 15 is 0 Å². The zero-order valence-electron chi connectivity index (χ0n) is 12.4. The van der Waals surface area contributed by atoms with E-state index in [1.165, 1.54) is 6.92 Å². The molecule has 0 saturated heterocycles. The molecule has 0 atom stereocenters. The number of rotatable bonds is 6. The summed E-state index contributed by atoms with van der Waals surface area (Å²) in [6.07, 6.45) is 0.194. The molecule has 116 valence electrons. The van der Waals surface area contributed by atoms with Crippen molar-refractivity contribution in [3.05, 3.63) is 36.1 Å². The first-order chi connectivity index (χ1) is 10.5. The second-order valence-corrected chi connectivity index (χ2v) is 4.68. The highest BCUT2D eigenvalue weighted by molar-refractivity contribution is 5.89. The van der Waals surface area contributed by atoms with E-state index in [9.17, 15) is 9.59 Å². The Morgan fingerprint density at radius 2 is 1.95 bits per heavy atom. The predicted octanol–water partition coefficient (Wildman–Crippen LogP) is 2.35. The van der Waals surface area contributed by atoms with E-state index < -0.39 is 0 Å². The van der Waals surface area contributed by atoms with Crippen LogP contribution >= 0.6 is 0 Å². The highest BCUT2D eigenvalue weighted by atomic mass is 16.5. The van der Waals surface area contributed by atoms with Crippen molar-refractivity contribution >= 4 is 23.3 Å². The molecule has 0 spiro atoms. The number of amides is 2. The molecule has 2 amide bonds. The number of carbonyl (C=O) groups excluding carboxylic acids is 2. The van der Waals surface area contributed by atoms with Crippen LogP contribution < -0.4 is 15.4 Å². The van der Waals surface area contributed by atoms with Crippen LogP contribution in [0, 0.1) is 6.92 Å². The van der Waals surface area contributed by atoms with Crippen molar-refractivity contribution in [2.75, 3.05) is 17.2 Å². The van der Waals surface area contributed by atoms with Crippen molar-refractivity contribution < 1.29 is 18.8 Å². The molecule has 1 aromatic heterocycles. The van der Waals surface area contributed by atoms with Crippen LogP contribution in [0.3, 0.4) is 0 Å². The fourth-order valence-corrected chi connectivity index (χ4v) is 1.73. The van der Waals surface area contributed by atoms with E-state index in [-0.39, 0.29) is 24.8 Å². The van der Waals surface area contributed by atoms with Gasteiger partial charge >= 0.3 is 0 Å². The molecular weight excluding hydrogens is 286 g/mol. The molecule has 2 N–H and O–H groups in total. The van der Waals surface area contributed by atoms with Gasteiger partial charge in [0, 0.05) is 18.7 Å². The summed E-state index contributed by atoms with van der Waals surface area (Å²) in [5.74, 6) is 1.31. The van der Waals surface area contributed by atoms with Gasteiger partial charge in [0.05, 0.1) is 13.0 Å². The monoisotopic (exact) mass is 303 g/mol. The summed E-state index contributed by atoms with van der Waals surface area (Å²) in [4.78, 5) is 22.6. The molecule has 7 nitrogen and oxygen atoms in total. The number of anilines is 2. The van der Waals surface area contributed by atoms with Crippen LogP contribution in [-0.4, -0.2) is 23.6 Å². The number of benzene rings is 1. The number of nitrogens with one attached hydrogen (secondary N) is 2. The summed E-state index contributed by atoms with van der Waals surface area (Å²) in [6, 6.07) is 8.55.